The van der Waals surface area contributed by atoms with Gasteiger partial charge in [-0.1, -0.05) is 6.07 Å². The highest BCUT2D eigenvalue weighted by molar-refractivity contribution is 14.0. The highest BCUT2D eigenvalue weighted by atomic mass is 127. The number of benzene rings is 1. The molecule has 0 atom stereocenters. The second-order valence-electron chi connectivity index (χ2n) is 6.05. The highest BCUT2D eigenvalue weighted by Crippen LogP contribution is 2.32. The number of ether oxygens (including phenoxy) is 2. The maximum absolute atomic E-state index is 5.99. The summed E-state index contributed by atoms with van der Waals surface area (Å²) < 4.78 is 13.3. The van der Waals surface area contributed by atoms with Crippen molar-refractivity contribution < 1.29 is 9.47 Å². The number of pyridine rings is 1. The molecule has 2 aromatic heterocycles. The van der Waals surface area contributed by atoms with Crippen molar-refractivity contribution in [3.05, 3.63) is 54.5 Å². The van der Waals surface area contributed by atoms with E-state index in [9.17, 15) is 0 Å². The molecule has 27 heavy (non-hydrogen) atoms. The summed E-state index contributed by atoms with van der Waals surface area (Å²) in [4.78, 5) is 8.93. The standard InChI is InChI=1S/C19H21N5O2.HI/c20-19(21-8-7-15-13-24-9-2-1-4-18(24)22-15)23-14-5-6-16-17(12-14)26-11-3-10-25-16;/h1-2,4-6,9,12-13H,3,7-8,10-11H2,(H3,20,21,23);1H. The van der Waals surface area contributed by atoms with Crippen LogP contribution in [0.2, 0.25) is 0 Å². The summed E-state index contributed by atoms with van der Waals surface area (Å²) in [6.07, 6.45) is 5.60. The maximum atomic E-state index is 5.99. The SMILES string of the molecule is I.NC(=NCCc1cn2ccccc2n1)Nc1ccc2c(c1)OCCCO2. The zero-order valence-electron chi connectivity index (χ0n) is 14.8. The van der Waals surface area contributed by atoms with E-state index >= 15 is 0 Å². The van der Waals surface area contributed by atoms with Crippen molar-refractivity contribution >= 4 is 41.3 Å². The van der Waals surface area contributed by atoms with Crippen molar-refractivity contribution in [3.63, 3.8) is 0 Å². The second-order valence-corrected chi connectivity index (χ2v) is 6.05. The molecule has 4 rings (SSSR count). The summed E-state index contributed by atoms with van der Waals surface area (Å²) in [5.41, 5.74) is 8.74. The maximum Gasteiger partial charge on any atom is 0.193 e. The Balaban J connectivity index is 0.00000210. The van der Waals surface area contributed by atoms with Gasteiger partial charge in [-0.15, -0.1) is 24.0 Å². The minimum Gasteiger partial charge on any atom is -0.490 e. The lowest BCUT2D eigenvalue weighted by Crippen LogP contribution is -2.23. The van der Waals surface area contributed by atoms with Gasteiger partial charge in [-0.2, -0.15) is 0 Å². The molecule has 3 N–H and O–H groups in total. The van der Waals surface area contributed by atoms with Crippen LogP contribution in [-0.2, 0) is 6.42 Å². The molecule has 0 spiro atoms. The zero-order chi connectivity index (χ0) is 17.8. The predicted octanol–water partition coefficient (Wildman–Crippen LogP) is 3.08. The number of imidazole rings is 1. The van der Waals surface area contributed by atoms with Crippen LogP contribution in [0.15, 0.2) is 53.8 Å². The number of anilines is 1. The second kappa shape index (κ2) is 8.94. The third-order valence-electron chi connectivity index (χ3n) is 4.08. The number of guanidine groups is 1. The molecule has 0 saturated carbocycles. The molecule has 0 amide bonds. The van der Waals surface area contributed by atoms with Crippen LogP contribution in [0.25, 0.3) is 5.65 Å². The van der Waals surface area contributed by atoms with Gasteiger partial charge in [0.2, 0.25) is 0 Å². The molecular formula is C19H22IN5O2. The molecule has 0 saturated heterocycles. The average molecular weight is 479 g/mol. The fourth-order valence-electron chi connectivity index (χ4n) is 2.83. The number of rotatable bonds is 4. The van der Waals surface area contributed by atoms with E-state index in [1.807, 2.05) is 53.2 Å². The van der Waals surface area contributed by atoms with Crippen LogP contribution in [-0.4, -0.2) is 35.1 Å². The van der Waals surface area contributed by atoms with E-state index in [2.05, 4.69) is 15.3 Å². The van der Waals surface area contributed by atoms with Crippen molar-refractivity contribution in [2.45, 2.75) is 12.8 Å². The van der Waals surface area contributed by atoms with Crippen LogP contribution in [0.3, 0.4) is 0 Å². The lowest BCUT2D eigenvalue weighted by molar-refractivity contribution is 0.297. The Morgan fingerprint density at radius 1 is 1.19 bits per heavy atom. The molecule has 0 radical (unpaired) electrons. The van der Waals surface area contributed by atoms with E-state index < -0.39 is 0 Å². The number of nitrogens with two attached hydrogens (primary N) is 1. The summed E-state index contributed by atoms with van der Waals surface area (Å²) in [5.74, 6) is 1.85. The molecular weight excluding hydrogens is 457 g/mol. The molecule has 0 fully saturated rings. The molecule has 3 aromatic rings. The van der Waals surface area contributed by atoms with Crippen molar-refractivity contribution in [2.75, 3.05) is 25.1 Å². The number of hydrogen-bond donors (Lipinski definition) is 2. The van der Waals surface area contributed by atoms with Gasteiger partial charge in [-0.3, -0.25) is 4.99 Å². The average Bonchev–Trinajstić information content (AvgIpc) is 2.91. The monoisotopic (exact) mass is 479 g/mol. The van der Waals surface area contributed by atoms with Gasteiger partial charge in [0.15, 0.2) is 17.5 Å². The van der Waals surface area contributed by atoms with Crippen molar-refractivity contribution in [2.24, 2.45) is 10.7 Å². The van der Waals surface area contributed by atoms with E-state index in [1.54, 1.807) is 0 Å². The van der Waals surface area contributed by atoms with Gasteiger partial charge >= 0.3 is 0 Å². The fourth-order valence-corrected chi connectivity index (χ4v) is 2.83. The first kappa shape index (κ1) is 19.3. The first-order valence-electron chi connectivity index (χ1n) is 8.67. The van der Waals surface area contributed by atoms with Gasteiger partial charge in [-0.25, -0.2) is 4.98 Å². The quantitative estimate of drug-likeness (QED) is 0.341. The summed E-state index contributed by atoms with van der Waals surface area (Å²) in [6.45, 7) is 1.89. The number of nitrogens with zero attached hydrogens (tertiary/aromatic N) is 3. The number of aliphatic imine (C=N–C) groups is 1. The third-order valence-corrected chi connectivity index (χ3v) is 4.08. The lowest BCUT2D eigenvalue weighted by atomic mass is 10.3. The smallest absolute Gasteiger partial charge is 0.193 e. The summed E-state index contributed by atoms with van der Waals surface area (Å²) >= 11 is 0. The number of halogens is 1. The Bertz CT molecular complexity index is 908. The predicted molar refractivity (Wildman–Crippen MR) is 116 cm³/mol. The van der Waals surface area contributed by atoms with Crippen LogP contribution >= 0.6 is 24.0 Å². The molecule has 0 bridgehead atoms. The van der Waals surface area contributed by atoms with Crippen LogP contribution < -0.4 is 20.5 Å². The number of fused-ring (bicyclic) bond motifs is 2. The summed E-state index contributed by atoms with van der Waals surface area (Å²) in [6, 6.07) is 11.6. The first-order chi connectivity index (χ1) is 12.8. The van der Waals surface area contributed by atoms with Gasteiger partial charge in [-0.05, 0) is 24.3 Å². The Kier molecular flexibility index (Phi) is 6.38. The van der Waals surface area contributed by atoms with Crippen molar-refractivity contribution in [1.82, 2.24) is 9.38 Å². The first-order valence-corrected chi connectivity index (χ1v) is 8.67. The Morgan fingerprint density at radius 3 is 2.89 bits per heavy atom. The van der Waals surface area contributed by atoms with Crippen LogP contribution in [0, 0.1) is 0 Å². The molecule has 8 heteroatoms. The normalized spacial score (nSPS) is 13.7. The Hall–Kier alpha value is -2.49. The summed E-state index contributed by atoms with van der Waals surface area (Å²) in [5, 5.41) is 3.09. The van der Waals surface area contributed by atoms with E-state index in [-0.39, 0.29) is 24.0 Å². The molecule has 0 aliphatic carbocycles. The highest BCUT2D eigenvalue weighted by Gasteiger charge is 2.10. The van der Waals surface area contributed by atoms with Gasteiger partial charge in [0.1, 0.15) is 5.65 Å². The minimum atomic E-state index is 0. The molecule has 1 aromatic carbocycles. The van der Waals surface area contributed by atoms with Gasteiger partial charge < -0.3 is 24.9 Å². The van der Waals surface area contributed by atoms with Crippen LogP contribution in [0.4, 0.5) is 5.69 Å². The molecule has 3 heterocycles. The number of nitrogens with one attached hydrogen (secondary N) is 1. The molecule has 1 aliphatic heterocycles. The molecule has 7 nitrogen and oxygen atoms in total. The van der Waals surface area contributed by atoms with Crippen LogP contribution in [0.1, 0.15) is 12.1 Å². The molecule has 142 valence electrons. The van der Waals surface area contributed by atoms with Gasteiger partial charge in [0.05, 0.1) is 18.9 Å². The van der Waals surface area contributed by atoms with Crippen molar-refractivity contribution in [1.29, 1.82) is 0 Å². The van der Waals surface area contributed by atoms with Gasteiger partial charge in [0, 0.05) is 43.5 Å². The number of hydrogen-bond acceptors (Lipinski definition) is 4. The zero-order valence-corrected chi connectivity index (χ0v) is 17.1. The molecule has 1 aliphatic rings. The minimum absolute atomic E-state index is 0. The fraction of sp³-hybridized carbons (Fsp3) is 0.263. The van der Waals surface area contributed by atoms with E-state index in [0.717, 1.165) is 41.4 Å². The topological polar surface area (TPSA) is 86.2 Å². The number of aromatic nitrogens is 2. The Labute approximate surface area is 174 Å². The van der Waals surface area contributed by atoms with Crippen molar-refractivity contribution in [3.8, 4) is 11.5 Å². The molecule has 0 unspecified atom stereocenters. The van der Waals surface area contributed by atoms with Gasteiger partial charge in [0.25, 0.3) is 0 Å². The van der Waals surface area contributed by atoms with E-state index in [1.165, 1.54) is 0 Å². The Morgan fingerprint density at radius 2 is 2.04 bits per heavy atom. The van der Waals surface area contributed by atoms with E-state index in [0.29, 0.717) is 25.7 Å². The van der Waals surface area contributed by atoms with Crippen LogP contribution in [0.5, 0.6) is 11.5 Å². The largest absolute Gasteiger partial charge is 0.490 e. The summed E-state index contributed by atoms with van der Waals surface area (Å²) in [7, 11) is 0. The third kappa shape index (κ3) is 4.82. The van der Waals surface area contributed by atoms with E-state index in [4.69, 9.17) is 15.2 Å². The lowest BCUT2D eigenvalue weighted by Gasteiger charge is -2.10.